The maximum absolute atomic E-state index is 12.5. The van der Waals surface area contributed by atoms with Crippen LogP contribution in [0.5, 0.6) is 11.5 Å². The van der Waals surface area contributed by atoms with E-state index < -0.39 is 21.7 Å². The smallest absolute Gasteiger partial charge is 0.340 e. The number of aromatic nitrogens is 2. The molecule has 5 aromatic rings. The van der Waals surface area contributed by atoms with Crippen molar-refractivity contribution >= 4 is 44.1 Å². The number of carbonyl (C=O) groups is 1. The number of H-pyrrole nitrogens is 1. The van der Waals surface area contributed by atoms with Crippen molar-refractivity contribution in [3.05, 3.63) is 102 Å². The molecule has 2 aromatic heterocycles. The Morgan fingerprint density at radius 1 is 1.03 bits per heavy atom. The number of para-hydroxylation sites is 1. The fourth-order valence-corrected chi connectivity index (χ4v) is 5.37. The van der Waals surface area contributed by atoms with E-state index in [0.29, 0.717) is 12.1 Å². The summed E-state index contributed by atoms with van der Waals surface area (Å²) in [6, 6.07) is 26.1. The molecule has 0 amide bonds. The van der Waals surface area contributed by atoms with Crippen LogP contribution in [0.4, 0.5) is 10.1 Å². The number of carboxylic acids is 1. The van der Waals surface area contributed by atoms with Crippen molar-refractivity contribution < 1.29 is 27.4 Å². The van der Waals surface area contributed by atoms with Gasteiger partial charge in [0.05, 0.1) is 16.7 Å². The quantitative estimate of drug-likeness (QED) is 0.194. The summed E-state index contributed by atoms with van der Waals surface area (Å²) in [5.41, 5.74) is 1.05. The zero-order valence-corrected chi connectivity index (χ0v) is 22.7. The van der Waals surface area contributed by atoms with Crippen LogP contribution in [0.15, 0.2) is 94.5 Å². The second-order valence-electron chi connectivity index (χ2n) is 8.97. The fourth-order valence-electron chi connectivity index (χ4n) is 3.32. The first-order chi connectivity index (χ1) is 18.5. The highest BCUT2D eigenvalue weighted by Crippen LogP contribution is 2.25. The third-order valence-electron chi connectivity index (χ3n) is 5.33. The Kier molecular flexibility index (Phi) is 8.32. The average molecular weight is 568 g/mol. The molecule has 0 unspecified atom stereocenters. The van der Waals surface area contributed by atoms with Gasteiger partial charge in [-0.3, -0.25) is 4.72 Å². The van der Waals surface area contributed by atoms with Gasteiger partial charge in [-0.25, -0.2) is 22.6 Å². The van der Waals surface area contributed by atoms with Crippen LogP contribution in [0, 0.1) is 0 Å². The van der Waals surface area contributed by atoms with Crippen molar-refractivity contribution in [3.63, 3.8) is 0 Å². The number of benzene rings is 3. The van der Waals surface area contributed by atoms with Gasteiger partial charge in [0.15, 0.2) is 0 Å². The van der Waals surface area contributed by atoms with Crippen LogP contribution >= 0.6 is 11.3 Å². The Morgan fingerprint density at radius 3 is 2.31 bits per heavy atom. The lowest BCUT2D eigenvalue weighted by atomic mass is 10.1. The molecule has 8 nitrogen and oxygen atoms in total. The monoisotopic (exact) mass is 567 g/mol. The first-order valence-electron chi connectivity index (χ1n) is 11.8. The minimum Gasteiger partial charge on any atom is -0.479 e. The zero-order valence-electron chi connectivity index (χ0n) is 21.1. The lowest BCUT2D eigenvalue weighted by Crippen LogP contribution is -2.24. The van der Waals surface area contributed by atoms with Gasteiger partial charge in [-0.05, 0) is 73.3 Å². The number of nitrogens with one attached hydrogen (secondary N) is 2. The molecule has 0 saturated carbocycles. The third kappa shape index (κ3) is 7.65. The van der Waals surface area contributed by atoms with E-state index in [4.69, 9.17) is 9.84 Å². The van der Waals surface area contributed by atoms with Gasteiger partial charge < -0.3 is 14.8 Å². The number of sulfonamides is 1. The number of carboxylic acid groups (broad SMARTS) is 1. The fraction of sp³-hybridized carbons (Fsp3) is 0.143. The SMILES string of the molecule is CC(C)(F)C(=O)O.O=S(=O)(Nc1ccc2nc(Cc3ccc(Oc4ccccc4)cc3)[nH]c2c1)c1cccs1. The summed E-state index contributed by atoms with van der Waals surface area (Å²) < 4.78 is 45.5. The van der Waals surface area contributed by atoms with Gasteiger partial charge in [0.25, 0.3) is 10.0 Å². The largest absolute Gasteiger partial charge is 0.479 e. The van der Waals surface area contributed by atoms with E-state index in [0.717, 1.165) is 47.8 Å². The molecule has 0 aliphatic rings. The Morgan fingerprint density at radius 2 is 1.69 bits per heavy atom. The molecule has 0 atom stereocenters. The molecule has 5 rings (SSSR count). The van der Waals surface area contributed by atoms with Crippen molar-refractivity contribution in [1.29, 1.82) is 0 Å². The summed E-state index contributed by atoms with van der Waals surface area (Å²) in [6.45, 7) is 1.99. The molecule has 0 saturated heterocycles. The molecule has 0 fully saturated rings. The molecule has 202 valence electrons. The number of ether oxygens (including phenoxy) is 1. The number of aliphatic carboxylic acids is 1. The maximum Gasteiger partial charge on any atom is 0.340 e. The van der Waals surface area contributed by atoms with Crippen molar-refractivity contribution in [2.24, 2.45) is 0 Å². The number of hydrogen-bond donors (Lipinski definition) is 3. The molecule has 11 heteroatoms. The number of nitrogens with zero attached hydrogens (tertiary/aromatic N) is 1. The predicted molar refractivity (Wildman–Crippen MR) is 150 cm³/mol. The van der Waals surface area contributed by atoms with E-state index in [9.17, 15) is 17.6 Å². The molecule has 3 aromatic carbocycles. The van der Waals surface area contributed by atoms with E-state index in [1.807, 2.05) is 54.6 Å². The number of fused-ring (bicyclic) bond motifs is 1. The van der Waals surface area contributed by atoms with Crippen molar-refractivity contribution in [2.75, 3.05) is 4.72 Å². The minimum atomic E-state index is -3.58. The highest BCUT2D eigenvalue weighted by Gasteiger charge is 2.24. The first-order valence-corrected chi connectivity index (χ1v) is 14.1. The summed E-state index contributed by atoms with van der Waals surface area (Å²) in [5.74, 6) is 0.942. The number of halogens is 1. The van der Waals surface area contributed by atoms with E-state index in [1.165, 1.54) is 11.3 Å². The Hall–Kier alpha value is -4.22. The summed E-state index contributed by atoms with van der Waals surface area (Å²) in [5, 5.41) is 9.61. The number of aromatic amines is 1. The molecule has 39 heavy (non-hydrogen) atoms. The highest BCUT2D eigenvalue weighted by atomic mass is 32.2. The van der Waals surface area contributed by atoms with Gasteiger partial charge in [0.2, 0.25) is 5.67 Å². The Balaban J connectivity index is 0.000000448. The molecular weight excluding hydrogens is 541 g/mol. The molecule has 0 spiro atoms. The van der Waals surface area contributed by atoms with Gasteiger partial charge in [-0.2, -0.15) is 0 Å². The Bertz CT molecular complexity index is 1650. The predicted octanol–water partition coefficient (Wildman–Crippen LogP) is 6.63. The van der Waals surface area contributed by atoms with Crippen LogP contribution in [0.2, 0.25) is 0 Å². The maximum atomic E-state index is 12.5. The number of anilines is 1. The summed E-state index contributed by atoms with van der Waals surface area (Å²) in [4.78, 5) is 17.6. The first kappa shape index (κ1) is 27.8. The normalized spacial score (nSPS) is 11.5. The molecule has 0 radical (unpaired) electrons. The lowest BCUT2D eigenvalue weighted by molar-refractivity contribution is -0.148. The van der Waals surface area contributed by atoms with Crippen LogP contribution in [0.25, 0.3) is 11.0 Å². The number of rotatable bonds is 8. The van der Waals surface area contributed by atoms with Crippen molar-refractivity contribution in [1.82, 2.24) is 9.97 Å². The van der Waals surface area contributed by atoms with Crippen LogP contribution in [-0.4, -0.2) is 35.1 Å². The van der Waals surface area contributed by atoms with Crippen molar-refractivity contribution in [3.8, 4) is 11.5 Å². The zero-order chi connectivity index (χ0) is 28.0. The minimum absolute atomic E-state index is 0.280. The lowest BCUT2D eigenvalue weighted by Gasteiger charge is -2.06. The van der Waals surface area contributed by atoms with E-state index >= 15 is 0 Å². The van der Waals surface area contributed by atoms with Gasteiger partial charge >= 0.3 is 5.97 Å². The summed E-state index contributed by atoms with van der Waals surface area (Å²) in [7, 11) is -3.58. The average Bonchev–Trinajstić information content (AvgIpc) is 3.56. The molecule has 2 heterocycles. The molecular formula is C28H26FN3O5S2. The van der Waals surface area contributed by atoms with Crippen molar-refractivity contribution in [2.45, 2.75) is 30.1 Å². The summed E-state index contributed by atoms with van der Waals surface area (Å²) >= 11 is 1.18. The second kappa shape index (κ2) is 11.7. The van der Waals surface area contributed by atoms with Gasteiger partial charge in [-0.1, -0.05) is 36.4 Å². The molecule has 0 aliphatic carbocycles. The number of imidazole rings is 1. The number of alkyl halides is 1. The van der Waals surface area contributed by atoms with Gasteiger partial charge in [0, 0.05) is 6.42 Å². The van der Waals surface area contributed by atoms with E-state index in [-0.39, 0.29) is 4.21 Å². The highest BCUT2D eigenvalue weighted by molar-refractivity contribution is 7.94. The van der Waals surface area contributed by atoms with Gasteiger partial charge in [0.1, 0.15) is 21.5 Å². The number of hydrogen-bond acceptors (Lipinski definition) is 6. The molecule has 0 aliphatic heterocycles. The third-order valence-corrected chi connectivity index (χ3v) is 8.10. The van der Waals surface area contributed by atoms with Crippen LogP contribution in [0.1, 0.15) is 25.2 Å². The molecule has 0 bridgehead atoms. The topological polar surface area (TPSA) is 121 Å². The summed E-state index contributed by atoms with van der Waals surface area (Å²) in [6.07, 6.45) is 0.622. The molecule has 3 N–H and O–H groups in total. The van der Waals surface area contributed by atoms with Crippen LogP contribution < -0.4 is 9.46 Å². The number of thiophene rings is 1. The Labute approximate surface area is 229 Å². The standard InChI is InChI=1S/C24H19N3O3S2.C4H7FO2/c28-32(29,24-7-4-14-31-24)27-18-10-13-21-22(16-18)26-23(25-21)15-17-8-11-20(12-9-17)30-19-5-2-1-3-6-19;1-4(2,5)3(6)7/h1-14,16,27H,15H2,(H,25,26);1-2H3,(H,6,7). The van der Waals surface area contributed by atoms with Crippen LogP contribution in [0.3, 0.4) is 0 Å². The van der Waals surface area contributed by atoms with Crippen LogP contribution in [-0.2, 0) is 21.2 Å². The van der Waals surface area contributed by atoms with Gasteiger partial charge in [-0.15, -0.1) is 11.3 Å². The van der Waals surface area contributed by atoms with E-state index in [1.54, 1.807) is 35.7 Å². The second-order valence-corrected chi connectivity index (χ2v) is 11.8. The van der Waals surface area contributed by atoms with E-state index in [2.05, 4.69) is 14.7 Å².